The maximum atomic E-state index is 12.6. The number of ether oxygens (including phenoxy) is 1. The molecule has 1 aliphatic rings. The van der Waals surface area contributed by atoms with Gasteiger partial charge in [-0.05, 0) is 30.7 Å². The lowest BCUT2D eigenvalue weighted by Gasteiger charge is -2.28. The molecule has 1 N–H and O–H groups in total. The quantitative estimate of drug-likeness (QED) is 0.706. The predicted molar refractivity (Wildman–Crippen MR) is 106 cm³/mol. The lowest BCUT2D eigenvalue weighted by molar-refractivity contribution is 0.0954. The first-order valence-corrected chi connectivity index (χ1v) is 9.83. The maximum Gasteiger partial charge on any atom is 0.263 e. The number of amides is 1. The Balaban J connectivity index is 1.43. The summed E-state index contributed by atoms with van der Waals surface area (Å²) in [6, 6.07) is 5.67. The van der Waals surface area contributed by atoms with Gasteiger partial charge in [0.15, 0.2) is 10.8 Å². The van der Waals surface area contributed by atoms with Crippen LogP contribution < -0.4 is 10.2 Å². The third-order valence-corrected chi connectivity index (χ3v) is 5.51. The zero-order valence-corrected chi connectivity index (χ0v) is 16.3. The average molecular weight is 396 g/mol. The Morgan fingerprint density at radius 2 is 2.00 bits per heavy atom. The molecule has 0 radical (unpaired) electrons. The molecule has 28 heavy (non-hydrogen) atoms. The smallest absolute Gasteiger partial charge is 0.263 e. The highest BCUT2D eigenvalue weighted by Crippen LogP contribution is 2.25. The largest absolute Gasteiger partial charge is 0.378 e. The number of carbonyl (C=O) groups excluding carboxylic acids is 1. The van der Waals surface area contributed by atoms with Crippen LogP contribution in [0.1, 0.15) is 20.9 Å². The summed E-state index contributed by atoms with van der Waals surface area (Å²) in [6.45, 7) is 5.32. The van der Waals surface area contributed by atoms with Crippen molar-refractivity contribution in [2.24, 2.45) is 0 Å². The fourth-order valence-corrected chi connectivity index (χ4v) is 3.84. The van der Waals surface area contributed by atoms with Crippen molar-refractivity contribution in [1.29, 1.82) is 0 Å². The van der Waals surface area contributed by atoms with Crippen molar-refractivity contribution in [1.82, 2.24) is 25.3 Å². The van der Waals surface area contributed by atoms with Gasteiger partial charge in [-0.1, -0.05) is 0 Å². The van der Waals surface area contributed by atoms with E-state index in [4.69, 9.17) is 4.74 Å². The van der Waals surface area contributed by atoms with E-state index in [0.717, 1.165) is 24.5 Å². The molecule has 0 spiro atoms. The number of rotatable bonds is 5. The second kappa shape index (κ2) is 8.41. The minimum absolute atomic E-state index is 0.151. The molecular formula is C19H20N6O2S. The standard InChI is InChI=1S/C19H20N6O2S/c1-13-16(28-19(24-13)17-21-4-2-5-22-17)18(26)23-12-14-3-6-20-15(11-14)25-7-9-27-10-8-25/h2-6,11H,7-10,12H2,1H3,(H,23,26). The van der Waals surface area contributed by atoms with E-state index in [2.05, 4.69) is 30.2 Å². The van der Waals surface area contributed by atoms with E-state index in [-0.39, 0.29) is 5.91 Å². The number of carbonyl (C=O) groups is 1. The summed E-state index contributed by atoms with van der Waals surface area (Å²) in [5, 5.41) is 3.61. The highest BCUT2D eigenvalue weighted by molar-refractivity contribution is 7.17. The molecule has 0 aromatic carbocycles. The summed E-state index contributed by atoms with van der Waals surface area (Å²) >= 11 is 1.30. The molecule has 1 fully saturated rings. The highest BCUT2D eigenvalue weighted by atomic mass is 32.1. The molecule has 3 aromatic heterocycles. The minimum Gasteiger partial charge on any atom is -0.378 e. The Hall–Kier alpha value is -2.91. The molecule has 0 atom stereocenters. The summed E-state index contributed by atoms with van der Waals surface area (Å²) in [5.74, 6) is 1.29. The number of thiazole rings is 1. The monoisotopic (exact) mass is 396 g/mol. The third kappa shape index (κ3) is 4.15. The molecule has 3 aromatic rings. The number of hydrogen-bond donors (Lipinski definition) is 1. The van der Waals surface area contributed by atoms with Crippen molar-refractivity contribution in [2.75, 3.05) is 31.2 Å². The molecule has 0 aliphatic carbocycles. The normalized spacial score (nSPS) is 14.1. The van der Waals surface area contributed by atoms with E-state index in [1.54, 1.807) is 24.7 Å². The van der Waals surface area contributed by atoms with Crippen LogP contribution in [-0.2, 0) is 11.3 Å². The summed E-state index contributed by atoms with van der Waals surface area (Å²) in [5.41, 5.74) is 1.67. The lowest BCUT2D eigenvalue weighted by atomic mass is 10.2. The number of morpholine rings is 1. The number of nitrogens with one attached hydrogen (secondary N) is 1. The zero-order valence-electron chi connectivity index (χ0n) is 15.5. The van der Waals surface area contributed by atoms with Gasteiger partial charge in [-0.2, -0.15) is 0 Å². The summed E-state index contributed by atoms with van der Waals surface area (Å²) in [7, 11) is 0. The first-order chi connectivity index (χ1) is 13.7. The van der Waals surface area contributed by atoms with E-state index in [1.165, 1.54) is 11.3 Å². The van der Waals surface area contributed by atoms with Gasteiger partial charge in [0.25, 0.3) is 5.91 Å². The molecule has 0 bridgehead atoms. The number of aromatic nitrogens is 4. The summed E-state index contributed by atoms with van der Waals surface area (Å²) in [4.78, 5) is 32.7. The van der Waals surface area contributed by atoms with Gasteiger partial charge in [0.05, 0.1) is 18.9 Å². The number of aryl methyl sites for hydroxylation is 1. The van der Waals surface area contributed by atoms with Gasteiger partial charge in [-0.15, -0.1) is 11.3 Å². The third-order valence-electron chi connectivity index (χ3n) is 4.36. The van der Waals surface area contributed by atoms with Crippen LogP contribution in [0.5, 0.6) is 0 Å². The Morgan fingerprint density at radius 3 is 2.79 bits per heavy atom. The second-order valence-corrected chi connectivity index (χ2v) is 7.31. The van der Waals surface area contributed by atoms with E-state index < -0.39 is 0 Å². The zero-order chi connectivity index (χ0) is 19.3. The van der Waals surface area contributed by atoms with Crippen LogP contribution in [0.15, 0.2) is 36.8 Å². The highest BCUT2D eigenvalue weighted by Gasteiger charge is 2.18. The van der Waals surface area contributed by atoms with E-state index >= 15 is 0 Å². The van der Waals surface area contributed by atoms with Gasteiger partial charge in [-0.3, -0.25) is 4.79 Å². The van der Waals surface area contributed by atoms with Crippen molar-refractivity contribution >= 4 is 23.1 Å². The fraction of sp³-hybridized carbons (Fsp3) is 0.316. The number of hydrogen-bond acceptors (Lipinski definition) is 8. The maximum absolute atomic E-state index is 12.6. The van der Waals surface area contributed by atoms with Crippen LogP contribution in [-0.4, -0.2) is 52.1 Å². The topological polar surface area (TPSA) is 93.1 Å². The Morgan fingerprint density at radius 1 is 1.21 bits per heavy atom. The van der Waals surface area contributed by atoms with Crippen LogP contribution >= 0.6 is 11.3 Å². The van der Waals surface area contributed by atoms with Crippen LogP contribution in [0, 0.1) is 6.92 Å². The molecule has 1 amide bonds. The number of pyridine rings is 1. The minimum atomic E-state index is -0.151. The van der Waals surface area contributed by atoms with Gasteiger partial charge in [0.2, 0.25) is 0 Å². The Labute approximate surface area is 166 Å². The fourth-order valence-electron chi connectivity index (χ4n) is 2.91. The lowest BCUT2D eigenvalue weighted by Crippen LogP contribution is -2.36. The van der Waals surface area contributed by atoms with Crippen molar-refractivity contribution < 1.29 is 9.53 Å². The van der Waals surface area contributed by atoms with Crippen molar-refractivity contribution in [3.05, 3.63) is 52.9 Å². The molecule has 1 saturated heterocycles. The molecule has 4 rings (SSSR count). The summed E-state index contributed by atoms with van der Waals surface area (Å²) in [6.07, 6.45) is 5.09. The second-order valence-electron chi connectivity index (χ2n) is 6.31. The van der Waals surface area contributed by atoms with Gasteiger partial charge < -0.3 is 15.0 Å². The molecule has 1 aliphatic heterocycles. The average Bonchev–Trinajstić information content (AvgIpc) is 3.15. The molecular weight excluding hydrogens is 376 g/mol. The molecule has 144 valence electrons. The molecule has 8 nitrogen and oxygen atoms in total. The Bertz CT molecular complexity index is 956. The number of nitrogens with zero attached hydrogens (tertiary/aromatic N) is 5. The predicted octanol–water partition coefficient (Wildman–Crippen LogP) is 2.07. The van der Waals surface area contributed by atoms with Crippen molar-refractivity contribution in [2.45, 2.75) is 13.5 Å². The van der Waals surface area contributed by atoms with Crippen LogP contribution in [0.2, 0.25) is 0 Å². The van der Waals surface area contributed by atoms with Crippen LogP contribution in [0.25, 0.3) is 10.8 Å². The first kappa shape index (κ1) is 18.5. The Kier molecular flexibility index (Phi) is 5.54. The SMILES string of the molecule is Cc1nc(-c2ncccn2)sc1C(=O)NCc1ccnc(N2CCOCC2)c1. The van der Waals surface area contributed by atoms with Gasteiger partial charge in [0, 0.05) is 38.2 Å². The van der Waals surface area contributed by atoms with Crippen LogP contribution in [0.4, 0.5) is 5.82 Å². The number of anilines is 1. The van der Waals surface area contributed by atoms with Gasteiger partial charge in [0.1, 0.15) is 10.7 Å². The molecule has 9 heteroatoms. The van der Waals surface area contributed by atoms with E-state index in [0.29, 0.717) is 41.2 Å². The van der Waals surface area contributed by atoms with Crippen LogP contribution in [0.3, 0.4) is 0 Å². The molecule has 0 unspecified atom stereocenters. The first-order valence-electron chi connectivity index (χ1n) is 9.01. The van der Waals surface area contributed by atoms with Crippen molar-refractivity contribution in [3.8, 4) is 10.8 Å². The van der Waals surface area contributed by atoms with Gasteiger partial charge >= 0.3 is 0 Å². The molecule has 4 heterocycles. The summed E-state index contributed by atoms with van der Waals surface area (Å²) < 4.78 is 5.38. The van der Waals surface area contributed by atoms with E-state index in [9.17, 15) is 4.79 Å². The van der Waals surface area contributed by atoms with E-state index in [1.807, 2.05) is 19.1 Å². The van der Waals surface area contributed by atoms with Gasteiger partial charge in [-0.25, -0.2) is 19.9 Å². The van der Waals surface area contributed by atoms with Crippen molar-refractivity contribution in [3.63, 3.8) is 0 Å². The molecule has 0 saturated carbocycles.